The van der Waals surface area contributed by atoms with Crippen molar-refractivity contribution in [2.75, 3.05) is 32.7 Å². The van der Waals surface area contributed by atoms with E-state index in [1.54, 1.807) is 7.11 Å². The first-order valence-electron chi connectivity index (χ1n) is 11.1. The normalized spacial score (nSPS) is 40.4. The lowest BCUT2D eigenvalue weighted by Crippen LogP contribution is -2.71. The lowest BCUT2D eigenvalue weighted by molar-refractivity contribution is -0.211. The fourth-order valence-corrected chi connectivity index (χ4v) is 10.1. The average Bonchev–Trinajstić information content (AvgIpc) is 3.43. The maximum atomic E-state index is 13.5. The molecular formula is C23H26Br2N2O5. The molecule has 1 amide bonds. The number of hydrogen-bond acceptors (Lipinski definition) is 6. The van der Waals surface area contributed by atoms with Gasteiger partial charge in [-0.15, -0.1) is 0 Å². The number of likely N-dealkylation sites (N-methyl/N-ethyl adjacent to an activating group) is 1. The molecule has 4 saturated heterocycles. The largest absolute Gasteiger partial charge is 0.494 e. The van der Waals surface area contributed by atoms with Gasteiger partial charge in [0.1, 0.15) is 5.75 Å². The molecule has 5 atom stereocenters. The summed E-state index contributed by atoms with van der Waals surface area (Å²) in [5.41, 5.74) is -0.740. The van der Waals surface area contributed by atoms with E-state index >= 15 is 0 Å². The van der Waals surface area contributed by atoms with E-state index in [1.165, 1.54) is 7.11 Å². The van der Waals surface area contributed by atoms with Crippen molar-refractivity contribution in [1.29, 1.82) is 0 Å². The van der Waals surface area contributed by atoms with Crippen LogP contribution in [0.25, 0.3) is 0 Å². The molecule has 0 radical (unpaired) electrons. The van der Waals surface area contributed by atoms with Crippen molar-refractivity contribution >= 4 is 49.4 Å². The zero-order chi connectivity index (χ0) is 22.8. The molecule has 0 unspecified atom stereocenters. The van der Waals surface area contributed by atoms with Crippen molar-refractivity contribution in [2.24, 2.45) is 5.41 Å². The number of benzene rings is 1. The van der Waals surface area contributed by atoms with Crippen LogP contribution in [0.3, 0.4) is 0 Å². The van der Waals surface area contributed by atoms with Gasteiger partial charge in [-0.2, -0.15) is 0 Å². The molecule has 1 aromatic carbocycles. The van der Waals surface area contributed by atoms with E-state index in [9.17, 15) is 9.59 Å². The number of carbonyl (C=O) groups is 2. The maximum Gasteiger partial charge on any atom is 0.340 e. The number of rotatable bonds is 3. The van der Waals surface area contributed by atoms with Gasteiger partial charge in [0, 0.05) is 25.4 Å². The molecule has 9 heteroatoms. The van der Waals surface area contributed by atoms with Crippen molar-refractivity contribution in [1.82, 2.24) is 4.90 Å². The highest BCUT2D eigenvalue weighted by Crippen LogP contribution is 2.80. The summed E-state index contributed by atoms with van der Waals surface area (Å²) in [5, 5.41) is 0. The first-order chi connectivity index (χ1) is 15.2. The van der Waals surface area contributed by atoms with Gasteiger partial charge >= 0.3 is 5.97 Å². The molecule has 2 spiro atoms. The number of piperidine rings is 1. The van der Waals surface area contributed by atoms with Gasteiger partial charge < -0.3 is 24.0 Å². The van der Waals surface area contributed by atoms with Crippen LogP contribution in [0.1, 0.15) is 44.6 Å². The van der Waals surface area contributed by atoms with Crippen LogP contribution in [-0.2, 0) is 24.5 Å². The SMILES string of the molecule is CC[C@]12CCC(=O)N3CC[C@]45c6cc(Br)c(OC)c(Br)c6N(C)[C@H]4[C@@](C(=O)OC)(C1)O[C@@]325. The molecular weight excluding hydrogens is 544 g/mol. The third-order valence-electron chi connectivity index (χ3n) is 9.17. The number of anilines is 1. The Hall–Kier alpha value is -1.32. The molecule has 0 aromatic heterocycles. The quantitative estimate of drug-likeness (QED) is 0.517. The van der Waals surface area contributed by atoms with Crippen LogP contribution in [0.15, 0.2) is 15.0 Å². The molecule has 4 fully saturated rings. The summed E-state index contributed by atoms with van der Waals surface area (Å²) in [7, 11) is 5.09. The zero-order valence-corrected chi connectivity index (χ0v) is 21.8. The highest BCUT2D eigenvalue weighted by Gasteiger charge is 2.92. The molecule has 0 saturated carbocycles. The molecule has 1 aromatic rings. The summed E-state index contributed by atoms with van der Waals surface area (Å²) in [6.07, 6.45) is 3.36. The first kappa shape index (κ1) is 21.2. The van der Waals surface area contributed by atoms with Crippen LogP contribution in [0.2, 0.25) is 0 Å². The van der Waals surface area contributed by atoms with Crippen LogP contribution >= 0.6 is 31.9 Å². The van der Waals surface area contributed by atoms with Crippen molar-refractivity contribution in [3.63, 3.8) is 0 Å². The van der Waals surface area contributed by atoms with Crippen molar-refractivity contribution < 1.29 is 23.8 Å². The Balaban J connectivity index is 1.73. The molecule has 5 heterocycles. The second-order valence-corrected chi connectivity index (χ2v) is 11.5. The first-order valence-corrected chi connectivity index (χ1v) is 12.7. The third-order valence-corrected chi connectivity index (χ3v) is 10.5. The molecule has 172 valence electrons. The van der Waals surface area contributed by atoms with Gasteiger partial charge in [-0.3, -0.25) is 4.79 Å². The zero-order valence-electron chi connectivity index (χ0n) is 18.6. The number of carbonyl (C=O) groups excluding carboxylic acids is 2. The number of fused-ring (bicyclic) bond motifs is 3. The van der Waals surface area contributed by atoms with E-state index in [4.69, 9.17) is 14.2 Å². The summed E-state index contributed by atoms with van der Waals surface area (Å²) in [6, 6.07) is 1.84. The molecule has 32 heavy (non-hydrogen) atoms. The number of halogens is 2. The van der Waals surface area contributed by atoms with Gasteiger partial charge in [0.15, 0.2) is 11.3 Å². The third kappa shape index (κ3) is 1.83. The fourth-order valence-electron chi connectivity index (χ4n) is 8.34. The van der Waals surface area contributed by atoms with Crippen LogP contribution in [0.4, 0.5) is 5.69 Å². The molecule has 0 N–H and O–H groups in total. The van der Waals surface area contributed by atoms with E-state index in [0.29, 0.717) is 25.1 Å². The minimum Gasteiger partial charge on any atom is -0.494 e. The predicted octanol–water partition coefficient (Wildman–Crippen LogP) is 3.74. The van der Waals surface area contributed by atoms with Gasteiger partial charge in [-0.25, -0.2) is 4.79 Å². The Morgan fingerprint density at radius 2 is 2.06 bits per heavy atom. The van der Waals surface area contributed by atoms with Gasteiger partial charge in [0.25, 0.3) is 0 Å². The second-order valence-electron chi connectivity index (χ2n) is 9.82. The monoisotopic (exact) mass is 568 g/mol. The Kier molecular flexibility index (Phi) is 4.12. The topological polar surface area (TPSA) is 68.3 Å². The van der Waals surface area contributed by atoms with Gasteiger partial charge in [0.2, 0.25) is 5.91 Å². The van der Waals surface area contributed by atoms with E-state index in [2.05, 4.69) is 49.7 Å². The summed E-state index contributed by atoms with van der Waals surface area (Å²) in [5.74, 6) is 0.485. The Morgan fingerprint density at radius 1 is 1.31 bits per heavy atom. The Morgan fingerprint density at radius 3 is 2.72 bits per heavy atom. The number of hydrogen-bond donors (Lipinski definition) is 0. The Bertz CT molecular complexity index is 1100. The molecule has 5 aliphatic rings. The molecule has 6 rings (SSSR count). The van der Waals surface area contributed by atoms with Crippen molar-refractivity contribution in [3.05, 3.63) is 20.6 Å². The molecule has 7 nitrogen and oxygen atoms in total. The molecule has 5 aliphatic heterocycles. The average molecular weight is 570 g/mol. The summed E-state index contributed by atoms with van der Waals surface area (Å²) in [6.45, 7) is 2.79. The van der Waals surface area contributed by atoms with E-state index in [1.807, 2.05) is 11.9 Å². The van der Waals surface area contributed by atoms with Crippen LogP contribution in [-0.4, -0.2) is 62.0 Å². The number of methoxy groups -OCH3 is 2. The number of ether oxygens (including phenoxy) is 3. The smallest absolute Gasteiger partial charge is 0.340 e. The van der Waals surface area contributed by atoms with Crippen molar-refractivity contribution in [2.45, 2.75) is 61.8 Å². The van der Waals surface area contributed by atoms with Gasteiger partial charge in [-0.1, -0.05) is 6.92 Å². The lowest BCUT2D eigenvalue weighted by atomic mass is 9.49. The van der Waals surface area contributed by atoms with Crippen LogP contribution in [0, 0.1) is 5.41 Å². The number of amides is 1. The molecule has 2 bridgehead atoms. The summed E-state index contributed by atoms with van der Waals surface area (Å²) < 4.78 is 19.7. The van der Waals surface area contributed by atoms with Crippen molar-refractivity contribution in [3.8, 4) is 5.75 Å². The lowest BCUT2D eigenvalue weighted by Gasteiger charge is -2.57. The van der Waals surface area contributed by atoms with E-state index < -0.39 is 16.7 Å². The maximum absolute atomic E-state index is 13.5. The highest BCUT2D eigenvalue weighted by atomic mass is 79.9. The number of esters is 1. The second kappa shape index (κ2) is 6.21. The Labute approximate surface area is 204 Å². The minimum atomic E-state index is -1.14. The predicted molar refractivity (Wildman–Crippen MR) is 124 cm³/mol. The fraction of sp³-hybridized carbons (Fsp3) is 0.652. The van der Waals surface area contributed by atoms with Gasteiger partial charge in [-0.05, 0) is 69.2 Å². The summed E-state index contributed by atoms with van der Waals surface area (Å²) >= 11 is 7.48. The van der Waals surface area contributed by atoms with E-state index in [0.717, 1.165) is 39.5 Å². The van der Waals surface area contributed by atoms with E-state index in [-0.39, 0.29) is 23.3 Å². The van der Waals surface area contributed by atoms with Crippen LogP contribution < -0.4 is 9.64 Å². The van der Waals surface area contributed by atoms with Gasteiger partial charge in [0.05, 0.1) is 40.3 Å². The standard InChI is InChI=1S/C23H26Br2N2O5/c1-5-20-7-6-14(28)27-9-8-21-12-10-13(24)17(30-3)15(25)16(12)26(2)18(21)22(11-20,19(29)31-4)32-23(20,21)27/h10,18H,5-9,11H2,1-4H3/t18-,20+,21+,22-,23+/m1/s1. The van der Waals surface area contributed by atoms with Crippen LogP contribution in [0.5, 0.6) is 5.75 Å². The minimum absolute atomic E-state index is 0.120. The number of nitrogens with zero attached hydrogens (tertiary/aromatic N) is 2. The molecule has 0 aliphatic carbocycles. The summed E-state index contributed by atoms with van der Waals surface area (Å²) in [4.78, 5) is 30.9. The highest BCUT2D eigenvalue weighted by molar-refractivity contribution is 9.11.